The monoisotopic (exact) mass is 740 g/mol. The van der Waals surface area contributed by atoms with Gasteiger partial charge in [-0.3, -0.25) is 0 Å². The molecule has 2 aromatic heterocycles. The zero-order valence-electron chi connectivity index (χ0n) is 29.5. The first kappa shape index (κ1) is 33.6. The summed E-state index contributed by atoms with van der Waals surface area (Å²) in [6, 6.07) is 52.5. The first-order valence-electron chi connectivity index (χ1n) is 18.1. The number of nitrogens with zero attached hydrogens (tertiary/aromatic N) is 2. The molecule has 2 heterocycles. The van der Waals surface area contributed by atoms with E-state index in [0.29, 0.717) is 22.8 Å². The molecular weight excluding hydrogens is 712 g/mol. The van der Waals surface area contributed by atoms with Gasteiger partial charge in [0.15, 0.2) is 0 Å². The van der Waals surface area contributed by atoms with E-state index in [-0.39, 0.29) is 16.8 Å². The van der Waals surface area contributed by atoms with Gasteiger partial charge in [-0.15, -0.1) is 0 Å². The van der Waals surface area contributed by atoms with Crippen molar-refractivity contribution in [3.8, 4) is 44.8 Å². The number of benzene rings is 8. The summed E-state index contributed by atoms with van der Waals surface area (Å²) in [5.74, 6) is -1.94. The summed E-state index contributed by atoms with van der Waals surface area (Å²) in [6.07, 6.45) is -4.88. The largest absolute Gasteiger partial charge is 0.417 e. The first-order valence-corrected chi connectivity index (χ1v) is 18.1. The van der Waals surface area contributed by atoms with Gasteiger partial charge in [-0.1, -0.05) is 109 Å². The van der Waals surface area contributed by atoms with Crippen molar-refractivity contribution in [3.05, 3.63) is 193 Å². The van der Waals surface area contributed by atoms with E-state index in [1.165, 1.54) is 6.07 Å². The van der Waals surface area contributed by atoms with Crippen LogP contribution in [0.4, 0.5) is 22.0 Å². The third kappa shape index (κ3) is 5.46. The van der Waals surface area contributed by atoms with Crippen LogP contribution in [0.5, 0.6) is 0 Å². The summed E-state index contributed by atoms with van der Waals surface area (Å²) in [5, 5.41) is 3.54. The van der Waals surface area contributed by atoms with Gasteiger partial charge in [-0.05, 0) is 94.0 Å². The van der Waals surface area contributed by atoms with Crippen molar-refractivity contribution in [2.75, 3.05) is 0 Å². The number of alkyl halides is 3. The molecule has 8 aromatic carbocycles. The van der Waals surface area contributed by atoms with Crippen molar-refractivity contribution in [2.45, 2.75) is 6.18 Å². The molecule has 0 radical (unpaired) electrons. The van der Waals surface area contributed by atoms with E-state index in [0.717, 1.165) is 73.0 Å². The van der Waals surface area contributed by atoms with E-state index in [2.05, 4.69) is 12.1 Å². The standard InChI is InChI=1S/C49H29F5N2/c50-35-23-34(24-36(51)27-35)39-28-47(55-43-17-9-7-15-37(43)40-25-32(19-21-45(40)55)30-11-3-1-4-12-30)48(29-42(39)49(52,53)54)56-44-18-10-8-16-38(44)41-26-33(20-22-46(41)56)31-13-5-2-6-14-31/h1-29H. The third-order valence-electron chi connectivity index (χ3n) is 10.6. The van der Waals surface area contributed by atoms with Gasteiger partial charge in [0, 0.05) is 27.6 Å². The first-order chi connectivity index (χ1) is 27.2. The lowest BCUT2D eigenvalue weighted by molar-refractivity contribution is -0.137. The fourth-order valence-electron chi connectivity index (χ4n) is 8.20. The molecule has 0 saturated heterocycles. The number of para-hydroxylation sites is 2. The summed E-state index contributed by atoms with van der Waals surface area (Å²) in [7, 11) is 0. The Morgan fingerprint density at radius 3 is 1.25 bits per heavy atom. The Labute approximate surface area is 317 Å². The summed E-state index contributed by atoms with van der Waals surface area (Å²) in [4.78, 5) is 0. The van der Waals surface area contributed by atoms with E-state index in [1.54, 1.807) is 0 Å². The summed E-state index contributed by atoms with van der Waals surface area (Å²) < 4.78 is 79.6. The highest BCUT2D eigenvalue weighted by atomic mass is 19.4. The Bertz CT molecular complexity index is 3120. The van der Waals surface area contributed by atoms with Crippen LogP contribution in [0.25, 0.3) is 88.4 Å². The van der Waals surface area contributed by atoms with Crippen molar-refractivity contribution in [2.24, 2.45) is 0 Å². The number of rotatable bonds is 5. The molecule has 270 valence electrons. The molecule has 0 unspecified atom stereocenters. The van der Waals surface area contributed by atoms with Crippen LogP contribution in [0.2, 0.25) is 0 Å². The van der Waals surface area contributed by atoms with Crippen LogP contribution < -0.4 is 0 Å². The Morgan fingerprint density at radius 2 is 0.768 bits per heavy atom. The smallest absolute Gasteiger partial charge is 0.307 e. The van der Waals surface area contributed by atoms with Crippen LogP contribution in [0.3, 0.4) is 0 Å². The topological polar surface area (TPSA) is 9.86 Å². The fourth-order valence-corrected chi connectivity index (χ4v) is 8.20. The number of hydrogen-bond donors (Lipinski definition) is 0. The van der Waals surface area contributed by atoms with Crippen molar-refractivity contribution >= 4 is 43.6 Å². The van der Waals surface area contributed by atoms with Crippen LogP contribution in [0, 0.1) is 11.6 Å². The number of fused-ring (bicyclic) bond motifs is 6. The van der Waals surface area contributed by atoms with Gasteiger partial charge in [0.2, 0.25) is 0 Å². The average molecular weight is 741 g/mol. The predicted molar refractivity (Wildman–Crippen MR) is 216 cm³/mol. The van der Waals surface area contributed by atoms with Crippen LogP contribution >= 0.6 is 0 Å². The van der Waals surface area contributed by atoms with Crippen molar-refractivity contribution in [1.82, 2.24) is 9.13 Å². The van der Waals surface area contributed by atoms with E-state index in [4.69, 9.17) is 0 Å². The van der Waals surface area contributed by atoms with Gasteiger partial charge in [0.25, 0.3) is 0 Å². The highest BCUT2D eigenvalue weighted by Gasteiger charge is 2.36. The van der Waals surface area contributed by atoms with E-state index >= 15 is 13.2 Å². The minimum absolute atomic E-state index is 0.218. The maximum absolute atomic E-state index is 15.4. The Morgan fingerprint density at radius 1 is 0.339 bits per heavy atom. The molecule has 56 heavy (non-hydrogen) atoms. The molecule has 0 saturated carbocycles. The highest BCUT2D eigenvalue weighted by molar-refractivity contribution is 6.13. The SMILES string of the molecule is Fc1cc(F)cc(-c2cc(-n3c4ccccc4c4cc(-c5ccccc5)ccc43)c(-n3c4ccccc4c4cc(-c5ccccc5)ccc43)cc2C(F)(F)F)c1. The second kappa shape index (κ2) is 12.8. The lowest BCUT2D eigenvalue weighted by Crippen LogP contribution is -2.12. The number of hydrogen-bond acceptors (Lipinski definition) is 0. The fraction of sp³-hybridized carbons (Fsp3) is 0.0204. The Kier molecular flexibility index (Phi) is 7.68. The normalized spacial score (nSPS) is 12.0. The van der Waals surface area contributed by atoms with Crippen molar-refractivity contribution in [1.29, 1.82) is 0 Å². The zero-order valence-corrected chi connectivity index (χ0v) is 29.5. The maximum Gasteiger partial charge on any atom is 0.417 e. The van der Waals surface area contributed by atoms with Gasteiger partial charge in [0.1, 0.15) is 11.6 Å². The second-order valence-corrected chi connectivity index (χ2v) is 13.9. The molecule has 0 aliphatic heterocycles. The van der Waals surface area contributed by atoms with Gasteiger partial charge in [0.05, 0.1) is 39.0 Å². The minimum Gasteiger partial charge on any atom is -0.307 e. The second-order valence-electron chi connectivity index (χ2n) is 13.9. The molecule has 2 nitrogen and oxygen atoms in total. The third-order valence-corrected chi connectivity index (χ3v) is 10.6. The number of aromatic nitrogens is 2. The van der Waals surface area contributed by atoms with E-state index < -0.39 is 23.4 Å². The van der Waals surface area contributed by atoms with Crippen LogP contribution in [-0.4, -0.2) is 9.13 Å². The Hall–Kier alpha value is -6.99. The molecule has 0 aliphatic rings. The molecule has 0 fully saturated rings. The van der Waals surface area contributed by atoms with Crippen molar-refractivity contribution < 1.29 is 22.0 Å². The molecule has 7 heteroatoms. The van der Waals surface area contributed by atoms with Crippen LogP contribution in [0.1, 0.15) is 5.56 Å². The summed E-state index contributed by atoms with van der Waals surface area (Å²) >= 11 is 0. The van der Waals surface area contributed by atoms with E-state index in [1.807, 2.05) is 143 Å². The molecule has 0 bridgehead atoms. The molecule has 0 amide bonds. The van der Waals surface area contributed by atoms with Gasteiger partial charge in [-0.25, -0.2) is 8.78 Å². The Balaban J connectivity index is 1.35. The molecular formula is C49H29F5N2. The molecule has 0 atom stereocenters. The quantitative estimate of drug-likeness (QED) is 0.156. The van der Waals surface area contributed by atoms with E-state index in [9.17, 15) is 8.78 Å². The minimum atomic E-state index is -4.88. The van der Waals surface area contributed by atoms with Crippen LogP contribution in [-0.2, 0) is 6.18 Å². The highest BCUT2D eigenvalue weighted by Crippen LogP contribution is 2.46. The average Bonchev–Trinajstić information content (AvgIpc) is 3.72. The molecule has 10 rings (SSSR count). The lowest BCUT2D eigenvalue weighted by atomic mass is 9.96. The van der Waals surface area contributed by atoms with Crippen LogP contribution in [0.15, 0.2) is 176 Å². The molecule has 0 N–H and O–H groups in total. The maximum atomic E-state index is 15.4. The summed E-state index contributed by atoms with van der Waals surface area (Å²) in [6.45, 7) is 0. The van der Waals surface area contributed by atoms with Gasteiger partial charge < -0.3 is 9.13 Å². The van der Waals surface area contributed by atoms with Gasteiger partial charge >= 0.3 is 6.18 Å². The molecule has 10 aromatic rings. The van der Waals surface area contributed by atoms with Crippen molar-refractivity contribution in [3.63, 3.8) is 0 Å². The zero-order chi connectivity index (χ0) is 38.1. The van der Waals surface area contributed by atoms with Gasteiger partial charge in [-0.2, -0.15) is 13.2 Å². The molecule has 0 spiro atoms. The summed E-state index contributed by atoms with van der Waals surface area (Å²) in [5.41, 5.74) is 6.02. The predicted octanol–water partition coefficient (Wildman–Crippen LogP) is 14.2. The molecule has 0 aliphatic carbocycles. The number of halogens is 5. The lowest BCUT2D eigenvalue weighted by Gasteiger charge is -2.22.